The lowest BCUT2D eigenvalue weighted by Crippen LogP contribution is -2.33. The van der Waals surface area contributed by atoms with E-state index in [1.54, 1.807) is 28.5 Å². The van der Waals surface area contributed by atoms with Crippen LogP contribution in [0.3, 0.4) is 0 Å². The maximum absolute atomic E-state index is 12.0. The molecule has 0 saturated carbocycles. The van der Waals surface area contributed by atoms with Crippen LogP contribution in [0.15, 0.2) is 15.8 Å². The summed E-state index contributed by atoms with van der Waals surface area (Å²) in [7, 11) is 3.32. The number of rotatable bonds is 6. The molecule has 1 aliphatic heterocycles. The predicted molar refractivity (Wildman–Crippen MR) is 106 cm³/mol. The first-order valence-electron chi connectivity index (χ1n) is 9.22. The SMILES string of the molecule is [2H]C[C@H]1O[C@@H](n2cc(C)c(=O)[nH]c2=O)CC1OC(=O)OCCSSC(C)(C)C. The van der Waals surface area contributed by atoms with Gasteiger partial charge in [0.1, 0.15) is 18.9 Å². The summed E-state index contributed by atoms with van der Waals surface area (Å²) < 4.78 is 25.0. The van der Waals surface area contributed by atoms with Crippen molar-refractivity contribution in [2.45, 2.75) is 64.2 Å². The first-order chi connectivity index (χ1) is 13.1. The molecule has 2 heterocycles. The van der Waals surface area contributed by atoms with Gasteiger partial charge in [-0.3, -0.25) is 14.3 Å². The van der Waals surface area contributed by atoms with Crippen molar-refractivity contribution in [3.63, 3.8) is 0 Å². The van der Waals surface area contributed by atoms with Crippen molar-refractivity contribution in [3.05, 3.63) is 32.6 Å². The highest BCUT2D eigenvalue weighted by Gasteiger charge is 2.37. The molecule has 10 heteroatoms. The summed E-state index contributed by atoms with van der Waals surface area (Å²) in [4.78, 5) is 37.7. The lowest BCUT2D eigenvalue weighted by atomic mass is 10.2. The minimum atomic E-state index is -0.820. The van der Waals surface area contributed by atoms with Crippen LogP contribution in [-0.2, 0) is 14.2 Å². The molecule has 3 atom stereocenters. The van der Waals surface area contributed by atoms with Crippen LogP contribution in [0.4, 0.5) is 4.79 Å². The van der Waals surface area contributed by atoms with Gasteiger partial charge in [-0.1, -0.05) is 42.4 Å². The molecule has 1 aliphatic rings. The minimum absolute atomic E-state index is 0.126. The summed E-state index contributed by atoms with van der Waals surface area (Å²) in [5.41, 5.74) is -0.712. The Morgan fingerprint density at radius 2 is 2.22 bits per heavy atom. The first-order valence-corrected chi connectivity index (χ1v) is 10.8. The average molecular weight is 420 g/mol. The number of carbonyl (C=O) groups excluding carboxylic acids is 1. The molecule has 1 aromatic rings. The molecule has 0 bridgehead atoms. The smallest absolute Gasteiger partial charge is 0.433 e. The van der Waals surface area contributed by atoms with Crippen molar-refractivity contribution in [3.8, 4) is 0 Å². The molecule has 152 valence electrons. The Bertz CT molecular complexity index is 791. The van der Waals surface area contributed by atoms with Crippen LogP contribution in [0.1, 0.15) is 47.3 Å². The van der Waals surface area contributed by atoms with Gasteiger partial charge in [-0.15, -0.1) is 0 Å². The van der Waals surface area contributed by atoms with Crippen LogP contribution in [0, 0.1) is 6.92 Å². The molecule has 0 amide bonds. The quantitative estimate of drug-likeness (QED) is 0.427. The Labute approximate surface area is 167 Å². The Balaban J connectivity index is 1.88. The molecule has 0 radical (unpaired) electrons. The van der Waals surface area contributed by atoms with Crippen molar-refractivity contribution in [1.82, 2.24) is 9.55 Å². The van der Waals surface area contributed by atoms with Crippen molar-refractivity contribution in [1.29, 1.82) is 0 Å². The second-order valence-corrected chi connectivity index (χ2v) is 10.4. The molecule has 1 fully saturated rings. The Morgan fingerprint density at radius 3 is 2.89 bits per heavy atom. The number of nitrogens with zero attached hydrogens (tertiary/aromatic N) is 1. The topological polar surface area (TPSA) is 99.6 Å². The van der Waals surface area contributed by atoms with E-state index >= 15 is 0 Å². The minimum Gasteiger partial charge on any atom is -0.433 e. The number of carbonyl (C=O) groups is 1. The number of hydrogen-bond donors (Lipinski definition) is 1. The largest absolute Gasteiger partial charge is 0.508 e. The summed E-state index contributed by atoms with van der Waals surface area (Å²) in [6.45, 7) is 7.97. The third-order valence-electron chi connectivity index (χ3n) is 3.58. The van der Waals surface area contributed by atoms with Gasteiger partial charge in [0.2, 0.25) is 0 Å². The van der Waals surface area contributed by atoms with E-state index in [-0.39, 0.29) is 24.7 Å². The van der Waals surface area contributed by atoms with Gasteiger partial charge in [0.25, 0.3) is 5.56 Å². The number of aromatic nitrogens is 2. The van der Waals surface area contributed by atoms with E-state index in [4.69, 9.17) is 15.6 Å². The van der Waals surface area contributed by atoms with Crippen molar-refractivity contribution >= 4 is 27.7 Å². The standard InChI is InChI=1S/C17H26N2O6S2/c1-10-9-19(15(21)18-14(10)20)13-8-12(11(2)24-13)25-16(22)23-6-7-26-27-17(3,4)5/h9,11-13H,6-8H2,1-5H3,(H,18,20,21)/t11-,12?,13-/m1/s1/i2D. The van der Waals surface area contributed by atoms with E-state index in [0.29, 0.717) is 11.3 Å². The van der Waals surface area contributed by atoms with E-state index in [1.807, 2.05) is 0 Å². The van der Waals surface area contributed by atoms with Gasteiger partial charge in [0.05, 0.1) is 6.10 Å². The van der Waals surface area contributed by atoms with Crippen LogP contribution in [-0.4, -0.2) is 45.0 Å². The van der Waals surface area contributed by atoms with E-state index in [0.717, 1.165) is 0 Å². The van der Waals surface area contributed by atoms with Gasteiger partial charge in [0.15, 0.2) is 0 Å². The fourth-order valence-corrected chi connectivity index (χ4v) is 4.44. The van der Waals surface area contributed by atoms with E-state index in [2.05, 4.69) is 25.8 Å². The first kappa shape index (κ1) is 20.3. The van der Waals surface area contributed by atoms with Crippen LogP contribution in [0.2, 0.25) is 0 Å². The summed E-state index contributed by atoms with van der Waals surface area (Å²) in [6.07, 6.45) is -1.33. The normalized spacial score (nSPS) is 23.1. The van der Waals surface area contributed by atoms with Crippen molar-refractivity contribution in [2.75, 3.05) is 12.4 Å². The number of H-pyrrole nitrogens is 1. The second kappa shape index (κ2) is 9.20. The molecular formula is C17H26N2O6S2. The maximum Gasteiger partial charge on any atom is 0.508 e. The van der Waals surface area contributed by atoms with Crippen LogP contribution in [0.5, 0.6) is 0 Å². The zero-order valence-electron chi connectivity index (χ0n) is 16.9. The molecule has 1 saturated heterocycles. The third-order valence-corrected chi connectivity index (χ3v) is 6.88. The molecular weight excluding hydrogens is 392 g/mol. The molecule has 0 aliphatic carbocycles. The molecule has 27 heavy (non-hydrogen) atoms. The van der Waals surface area contributed by atoms with Gasteiger partial charge in [-0.05, 0) is 13.8 Å². The second-order valence-electron chi connectivity index (χ2n) is 7.12. The van der Waals surface area contributed by atoms with E-state index < -0.39 is 35.8 Å². The number of aryl methyl sites for hydroxylation is 1. The molecule has 1 aromatic heterocycles. The molecule has 0 aromatic carbocycles. The fraction of sp³-hybridized carbons (Fsp3) is 0.706. The molecule has 0 spiro atoms. The molecule has 1 N–H and O–H groups in total. The van der Waals surface area contributed by atoms with Crippen LogP contribution < -0.4 is 11.2 Å². The van der Waals surface area contributed by atoms with Crippen molar-refractivity contribution < 1.29 is 20.4 Å². The Morgan fingerprint density at radius 1 is 1.48 bits per heavy atom. The lowest BCUT2D eigenvalue weighted by Gasteiger charge is -2.16. The van der Waals surface area contributed by atoms with Gasteiger partial charge in [-0.25, -0.2) is 9.59 Å². The summed E-state index contributed by atoms with van der Waals surface area (Å²) in [5.74, 6) is 0.634. The molecule has 8 nitrogen and oxygen atoms in total. The highest BCUT2D eigenvalue weighted by molar-refractivity contribution is 8.77. The predicted octanol–water partition coefficient (Wildman–Crippen LogP) is 2.85. The van der Waals surface area contributed by atoms with Gasteiger partial charge < -0.3 is 14.2 Å². The monoisotopic (exact) mass is 419 g/mol. The zero-order valence-corrected chi connectivity index (χ0v) is 17.5. The van der Waals surface area contributed by atoms with Gasteiger partial charge in [0, 0.05) is 30.1 Å². The highest BCUT2D eigenvalue weighted by Crippen LogP contribution is 2.34. The number of nitrogens with one attached hydrogen (secondary N) is 1. The van der Waals surface area contributed by atoms with Gasteiger partial charge in [-0.2, -0.15) is 0 Å². The third kappa shape index (κ3) is 6.62. The zero-order chi connectivity index (χ0) is 20.9. The van der Waals surface area contributed by atoms with Crippen molar-refractivity contribution in [2.24, 2.45) is 0 Å². The number of hydrogen-bond acceptors (Lipinski definition) is 8. The lowest BCUT2D eigenvalue weighted by molar-refractivity contribution is -0.0267. The van der Waals surface area contributed by atoms with Crippen LogP contribution in [0.25, 0.3) is 0 Å². The van der Waals surface area contributed by atoms with E-state index in [1.165, 1.54) is 10.8 Å². The summed E-state index contributed by atoms with van der Waals surface area (Å²) in [5, 5.41) is 0. The van der Waals surface area contributed by atoms with E-state index in [9.17, 15) is 14.4 Å². The molecule has 2 rings (SSSR count). The number of ether oxygens (including phenoxy) is 3. The molecule has 1 unspecified atom stereocenters. The van der Waals surface area contributed by atoms with Gasteiger partial charge >= 0.3 is 11.8 Å². The van der Waals surface area contributed by atoms with Crippen LogP contribution >= 0.6 is 21.6 Å². The Hall–Kier alpha value is -1.39. The Kier molecular flexibility index (Phi) is 6.93. The fourth-order valence-electron chi connectivity index (χ4n) is 2.33. The average Bonchev–Trinajstić information content (AvgIpc) is 2.99. The number of aromatic amines is 1. The maximum atomic E-state index is 12.0. The highest BCUT2D eigenvalue weighted by atomic mass is 33.1. The summed E-state index contributed by atoms with van der Waals surface area (Å²) >= 11 is 0. The summed E-state index contributed by atoms with van der Waals surface area (Å²) in [6, 6.07) is 0.